The molecule has 3 rings (SSSR count). The van der Waals surface area contributed by atoms with Gasteiger partial charge >= 0.3 is 0 Å². The molecule has 1 aromatic heterocycles. The second-order valence-corrected chi connectivity index (χ2v) is 7.42. The summed E-state index contributed by atoms with van der Waals surface area (Å²) in [7, 11) is -1.07. The lowest BCUT2D eigenvalue weighted by atomic mass is 10.2. The van der Waals surface area contributed by atoms with E-state index in [4.69, 9.17) is 9.15 Å². The molecule has 122 valence electrons. The molecule has 2 unspecified atom stereocenters. The average Bonchev–Trinajstić information content (AvgIpc) is 3.18. The van der Waals surface area contributed by atoms with E-state index in [9.17, 15) is 13.2 Å². The molecule has 6 nitrogen and oxygen atoms in total. The molecule has 0 N–H and O–H groups in total. The van der Waals surface area contributed by atoms with Crippen molar-refractivity contribution < 1.29 is 22.4 Å². The molecule has 1 fully saturated rings. The summed E-state index contributed by atoms with van der Waals surface area (Å²) < 4.78 is 36.2. The minimum absolute atomic E-state index is 0.0361. The van der Waals surface area contributed by atoms with Crippen LogP contribution in [0.1, 0.15) is 18.1 Å². The zero-order valence-corrected chi connectivity index (χ0v) is 13.6. The zero-order chi connectivity index (χ0) is 16.6. The van der Waals surface area contributed by atoms with Crippen LogP contribution in [-0.2, 0) is 14.8 Å². The average molecular weight is 335 g/mol. The van der Waals surface area contributed by atoms with E-state index in [0.717, 1.165) is 10.1 Å². The van der Waals surface area contributed by atoms with E-state index < -0.39 is 15.9 Å². The molecule has 1 aliphatic rings. The van der Waals surface area contributed by atoms with E-state index in [0.29, 0.717) is 12.2 Å². The highest BCUT2D eigenvalue weighted by Crippen LogP contribution is 2.48. The standard InChI is InChI=1S/C16H17NO5S/c1-17(16(18)14-10-13(14)15-4-3-9-22-15)23(19,20)12-7-5-11(21-2)6-8-12/h3-9,13-14H,10H2,1-2H3. The quantitative estimate of drug-likeness (QED) is 0.837. The van der Waals surface area contributed by atoms with Gasteiger partial charge in [-0.3, -0.25) is 4.79 Å². The van der Waals surface area contributed by atoms with Gasteiger partial charge in [0.15, 0.2) is 0 Å². The number of nitrogens with zero attached hydrogens (tertiary/aromatic N) is 1. The van der Waals surface area contributed by atoms with Crippen LogP contribution < -0.4 is 4.74 Å². The zero-order valence-electron chi connectivity index (χ0n) is 12.8. The molecule has 0 spiro atoms. The monoisotopic (exact) mass is 335 g/mol. The van der Waals surface area contributed by atoms with Crippen molar-refractivity contribution in [1.82, 2.24) is 4.31 Å². The van der Waals surface area contributed by atoms with Crippen LogP contribution in [-0.4, -0.2) is 32.8 Å². The molecule has 23 heavy (non-hydrogen) atoms. The summed E-state index contributed by atoms with van der Waals surface area (Å²) >= 11 is 0. The van der Waals surface area contributed by atoms with Crippen molar-refractivity contribution in [3.05, 3.63) is 48.4 Å². The highest BCUT2D eigenvalue weighted by molar-refractivity contribution is 7.89. The fraction of sp³-hybridized carbons (Fsp3) is 0.312. The van der Waals surface area contributed by atoms with E-state index in [1.54, 1.807) is 30.5 Å². The number of carbonyl (C=O) groups is 1. The third-order valence-corrected chi connectivity index (χ3v) is 5.81. The van der Waals surface area contributed by atoms with Crippen molar-refractivity contribution in [2.75, 3.05) is 14.2 Å². The smallest absolute Gasteiger partial charge is 0.266 e. The fourth-order valence-corrected chi connectivity index (χ4v) is 3.71. The number of carbonyl (C=O) groups excluding carboxylic acids is 1. The first-order valence-corrected chi connectivity index (χ1v) is 8.59. The van der Waals surface area contributed by atoms with Crippen LogP contribution in [0.5, 0.6) is 5.75 Å². The highest BCUT2D eigenvalue weighted by atomic mass is 32.2. The number of sulfonamides is 1. The number of ether oxygens (including phenoxy) is 1. The highest BCUT2D eigenvalue weighted by Gasteiger charge is 2.48. The van der Waals surface area contributed by atoms with Crippen LogP contribution in [0.15, 0.2) is 52.0 Å². The van der Waals surface area contributed by atoms with Gasteiger partial charge < -0.3 is 9.15 Å². The Morgan fingerprint density at radius 2 is 1.96 bits per heavy atom. The van der Waals surface area contributed by atoms with Gasteiger partial charge in [-0.25, -0.2) is 12.7 Å². The maximum atomic E-state index is 12.5. The van der Waals surface area contributed by atoms with Crippen molar-refractivity contribution in [3.8, 4) is 5.75 Å². The molecule has 2 aromatic rings. The Morgan fingerprint density at radius 3 is 2.52 bits per heavy atom. The summed E-state index contributed by atoms with van der Waals surface area (Å²) in [5, 5.41) is 0. The molecular weight excluding hydrogens is 318 g/mol. The predicted octanol–water partition coefficient (Wildman–Crippen LogP) is 2.24. The molecule has 0 saturated heterocycles. The van der Waals surface area contributed by atoms with Gasteiger partial charge in [0.1, 0.15) is 11.5 Å². The van der Waals surface area contributed by atoms with Gasteiger partial charge in [0.05, 0.1) is 18.3 Å². The molecule has 7 heteroatoms. The topological polar surface area (TPSA) is 76.8 Å². The van der Waals surface area contributed by atoms with Gasteiger partial charge in [0.25, 0.3) is 10.0 Å². The molecule has 0 bridgehead atoms. The van der Waals surface area contributed by atoms with Crippen LogP contribution in [0.4, 0.5) is 0 Å². The molecule has 1 amide bonds. The van der Waals surface area contributed by atoms with E-state index in [2.05, 4.69) is 0 Å². The van der Waals surface area contributed by atoms with Crippen molar-refractivity contribution >= 4 is 15.9 Å². The largest absolute Gasteiger partial charge is 0.497 e. The van der Waals surface area contributed by atoms with Crippen LogP contribution in [0.25, 0.3) is 0 Å². The lowest BCUT2D eigenvalue weighted by Gasteiger charge is -2.17. The SMILES string of the molecule is COc1ccc(S(=O)(=O)N(C)C(=O)C2CC2c2ccco2)cc1. The van der Waals surface area contributed by atoms with Crippen molar-refractivity contribution in [1.29, 1.82) is 0 Å². The van der Waals surface area contributed by atoms with Crippen molar-refractivity contribution in [3.63, 3.8) is 0 Å². The Labute approximate surface area is 134 Å². The van der Waals surface area contributed by atoms with E-state index >= 15 is 0 Å². The number of rotatable bonds is 5. The number of hydrogen-bond acceptors (Lipinski definition) is 5. The van der Waals surface area contributed by atoms with E-state index in [-0.39, 0.29) is 16.7 Å². The summed E-state index contributed by atoms with van der Waals surface area (Å²) in [6, 6.07) is 9.51. The summed E-state index contributed by atoms with van der Waals surface area (Å²) in [4.78, 5) is 12.5. The molecule has 2 atom stereocenters. The van der Waals surface area contributed by atoms with E-state index in [1.807, 2.05) is 0 Å². The second kappa shape index (κ2) is 5.73. The first-order valence-electron chi connectivity index (χ1n) is 7.15. The minimum atomic E-state index is -3.86. The normalized spacial score (nSPS) is 20.1. The maximum absolute atomic E-state index is 12.5. The third-order valence-electron chi connectivity index (χ3n) is 4.04. The number of benzene rings is 1. The number of furan rings is 1. The number of amides is 1. The van der Waals surface area contributed by atoms with Crippen LogP contribution in [0, 0.1) is 5.92 Å². The van der Waals surface area contributed by atoms with Gasteiger partial charge in [-0.15, -0.1) is 0 Å². The maximum Gasteiger partial charge on any atom is 0.266 e. The van der Waals surface area contributed by atoms with E-state index in [1.165, 1.54) is 26.3 Å². The van der Waals surface area contributed by atoms with Crippen molar-refractivity contribution in [2.45, 2.75) is 17.2 Å². The lowest BCUT2D eigenvalue weighted by Crippen LogP contribution is -2.34. The molecule has 1 heterocycles. The Balaban J connectivity index is 1.76. The first-order chi connectivity index (χ1) is 10.9. The number of methoxy groups -OCH3 is 1. The lowest BCUT2D eigenvalue weighted by molar-refractivity contribution is -0.127. The van der Waals surface area contributed by atoms with Gasteiger partial charge in [-0.1, -0.05) is 0 Å². The molecular formula is C16H17NO5S. The minimum Gasteiger partial charge on any atom is -0.497 e. The van der Waals surface area contributed by atoms with Gasteiger partial charge in [0, 0.05) is 18.9 Å². The Bertz CT molecular complexity index is 796. The Hall–Kier alpha value is -2.28. The molecule has 1 aromatic carbocycles. The summed E-state index contributed by atoms with van der Waals surface area (Å²) in [6.45, 7) is 0. The van der Waals surface area contributed by atoms with Gasteiger partial charge in [0.2, 0.25) is 5.91 Å². The van der Waals surface area contributed by atoms with Gasteiger partial charge in [-0.05, 0) is 42.8 Å². The van der Waals surface area contributed by atoms with Crippen LogP contribution in [0.3, 0.4) is 0 Å². The molecule has 0 radical (unpaired) electrons. The Kier molecular flexibility index (Phi) is 3.89. The predicted molar refractivity (Wildman–Crippen MR) is 82.5 cm³/mol. The Morgan fingerprint density at radius 1 is 1.26 bits per heavy atom. The number of hydrogen-bond donors (Lipinski definition) is 0. The summed E-state index contributed by atoms with van der Waals surface area (Å²) in [5.41, 5.74) is 0. The van der Waals surface area contributed by atoms with Crippen molar-refractivity contribution in [2.24, 2.45) is 5.92 Å². The molecule has 1 aliphatic carbocycles. The van der Waals surface area contributed by atoms with Gasteiger partial charge in [-0.2, -0.15) is 0 Å². The first kappa shape index (κ1) is 15.6. The second-order valence-electron chi connectivity index (χ2n) is 5.45. The van der Waals surface area contributed by atoms with Crippen LogP contribution >= 0.6 is 0 Å². The molecule has 1 saturated carbocycles. The third kappa shape index (κ3) is 2.84. The summed E-state index contributed by atoms with van der Waals surface area (Å²) in [6.07, 6.45) is 2.15. The van der Waals surface area contributed by atoms with Crippen LogP contribution in [0.2, 0.25) is 0 Å². The molecule has 0 aliphatic heterocycles. The fourth-order valence-electron chi connectivity index (χ4n) is 2.54. The summed E-state index contributed by atoms with van der Waals surface area (Å²) in [5.74, 6) is 0.476.